The number of aliphatic hydroxyl groups is 1. The van der Waals surface area contributed by atoms with Crippen molar-refractivity contribution in [2.45, 2.75) is 38.1 Å². The monoisotopic (exact) mass is 262 g/mol. The highest BCUT2D eigenvalue weighted by Crippen LogP contribution is 2.53. The summed E-state index contributed by atoms with van der Waals surface area (Å²) in [5.41, 5.74) is 0. The first-order chi connectivity index (χ1) is 9.15. The van der Waals surface area contributed by atoms with E-state index in [0.29, 0.717) is 24.0 Å². The zero-order valence-electron chi connectivity index (χ0n) is 10.9. The topological polar surface area (TPSA) is 55.8 Å². The molecule has 5 atom stereocenters. The largest absolute Gasteiger partial charge is 0.479 e. The van der Waals surface area contributed by atoms with Crippen LogP contribution in [0.1, 0.15) is 19.8 Å². The molecule has 0 aromatic heterocycles. The molecule has 1 N–H and O–H groups in total. The lowest BCUT2D eigenvalue weighted by atomic mass is 10.2. The summed E-state index contributed by atoms with van der Waals surface area (Å²) >= 11 is 0. The standard InChI is InChI=1S/C15H18O4/c1-9(18-10-5-3-2-4-6-10)15(17)19-14-8-13(16)11-7-12(11)14/h2-6,9,11-14,16H,7-8H2,1H3/t9-,11-,12+,13-,14+/m1/s1. The Bertz CT molecular complexity index is 458. The summed E-state index contributed by atoms with van der Waals surface area (Å²) in [6.45, 7) is 1.69. The van der Waals surface area contributed by atoms with Gasteiger partial charge in [-0.15, -0.1) is 0 Å². The number of esters is 1. The Morgan fingerprint density at radius 2 is 2.00 bits per heavy atom. The third-order valence-electron chi connectivity index (χ3n) is 3.99. The predicted molar refractivity (Wildman–Crippen MR) is 68.6 cm³/mol. The molecule has 2 saturated carbocycles. The van der Waals surface area contributed by atoms with Crippen LogP contribution in [0.25, 0.3) is 0 Å². The molecule has 19 heavy (non-hydrogen) atoms. The number of carbonyl (C=O) groups excluding carboxylic acids is 1. The van der Waals surface area contributed by atoms with E-state index in [4.69, 9.17) is 9.47 Å². The SMILES string of the molecule is C[C@@H](Oc1ccccc1)C(=O)O[C@H]1C[C@@H](O)[C@@H]2C[C@@H]21. The first-order valence-corrected chi connectivity index (χ1v) is 6.75. The molecule has 0 bridgehead atoms. The summed E-state index contributed by atoms with van der Waals surface area (Å²) in [5, 5.41) is 9.67. The zero-order chi connectivity index (χ0) is 13.4. The number of aliphatic hydroxyl groups excluding tert-OH is 1. The second-order valence-corrected chi connectivity index (χ2v) is 5.41. The summed E-state index contributed by atoms with van der Waals surface area (Å²) < 4.78 is 11.0. The molecule has 2 fully saturated rings. The summed E-state index contributed by atoms with van der Waals surface area (Å²) in [5.74, 6) is 1.02. The lowest BCUT2D eigenvalue weighted by Gasteiger charge is -2.18. The third-order valence-corrected chi connectivity index (χ3v) is 3.99. The van der Waals surface area contributed by atoms with E-state index in [9.17, 15) is 9.90 Å². The van der Waals surface area contributed by atoms with Crippen molar-refractivity contribution < 1.29 is 19.4 Å². The Hall–Kier alpha value is -1.55. The van der Waals surface area contributed by atoms with Crippen LogP contribution < -0.4 is 4.74 Å². The van der Waals surface area contributed by atoms with Gasteiger partial charge in [0.2, 0.25) is 0 Å². The van der Waals surface area contributed by atoms with Gasteiger partial charge in [-0.3, -0.25) is 0 Å². The van der Waals surface area contributed by atoms with Gasteiger partial charge in [0.15, 0.2) is 6.10 Å². The van der Waals surface area contributed by atoms with Crippen molar-refractivity contribution in [1.29, 1.82) is 0 Å². The molecule has 3 rings (SSSR count). The van der Waals surface area contributed by atoms with E-state index >= 15 is 0 Å². The van der Waals surface area contributed by atoms with Crippen LogP contribution in [-0.2, 0) is 9.53 Å². The molecular formula is C15H18O4. The molecular weight excluding hydrogens is 244 g/mol. The van der Waals surface area contributed by atoms with E-state index in [1.807, 2.05) is 18.2 Å². The van der Waals surface area contributed by atoms with Gasteiger partial charge in [-0.25, -0.2) is 4.79 Å². The zero-order valence-corrected chi connectivity index (χ0v) is 10.9. The molecule has 0 aliphatic heterocycles. The van der Waals surface area contributed by atoms with Crippen molar-refractivity contribution in [3.63, 3.8) is 0 Å². The van der Waals surface area contributed by atoms with Gasteiger partial charge in [0.05, 0.1) is 6.10 Å². The first kappa shape index (κ1) is 12.5. The fourth-order valence-corrected chi connectivity index (χ4v) is 2.83. The molecule has 0 saturated heterocycles. The Morgan fingerprint density at radius 3 is 2.58 bits per heavy atom. The predicted octanol–water partition coefficient (Wildman–Crippen LogP) is 1.77. The lowest BCUT2D eigenvalue weighted by molar-refractivity contribution is -0.157. The van der Waals surface area contributed by atoms with Crippen molar-refractivity contribution in [3.8, 4) is 5.75 Å². The van der Waals surface area contributed by atoms with Crippen LogP contribution in [0.3, 0.4) is 0 Å². The van der Waals surface area contributed by atoms with E-state index in [1.54, 1.807) is 19.1 Å². The van der Waals surface area contributed by atoms with Gasteiger partial charge in [0.1, 0.15) is 11.9 Å². The molecule has 0 heterocycles. The minimum atomic E-state index is -0.627. The normalized spacial score (nSPS) is 33.4. The van der Waals surface area contributed by atoms with Crippen molar-refractivity contribution >= 4 is 5.97 Å². The van der Waals surface area contributed by atoms with Crippen LogP contribution in [0.15, 0.2) is 30.3 Å². The van der Waals surface area contributed by atoms with E-state index in [-0.39, 0.29) is 18.2 Å². The summed E-state index contributed by atoms with van der Waals surface area (Å²) in [7, 11) is 0. The van der Waals surface area contributed by atoms with Crippen LogP contribution in [0, 0.1) is 11.8 Å². The van der Waals surface area contributed by atoms with E-state index in [1.165, 1.54) is 0 Å². The maximum Gasteiger partial charge on any atom is 0.347 e. The average molecular weight is 262 g/mol. The van der Waals surface area contributed by atoms with Crippen LogP contribution in [0.4, 0.5) is 0 Å². The summed E-state index contributed by atoms with van der Waals surface area (Å²) in [6.07, 6.45) is 0.492. The van der Waals surface area contributed by atoms with Gasteiger partial charge in [-0.05, 0) is 31.4 Å². The third kappa shape index (κ3) is 2.59. The van der Waals surface area contributed by atoms with Crippen molar-refractivity contribution in [2.24, 2.45) is 11.8 Å². The summed E-state index contributed by atoms with van der Waals surface area (Å²) in [6, 6.07) is 9.22. The van der Waals surface area contributed by atoms with Gasteiger partial charge >= 0.3 is 5.97 Å². The Kier molecular flexibility index (Phi) is 3.19. The first-order valence-electron chi connectivity index (χ1n) is 6.75. The van der Waals surface area contributed by atoms with Gasteiger partial charge in [-0.1, -0.05) is 18.2 Å². The van der Waals surface area contributed by atoms with Gasteiger partial charge in [0.25, 0.3) is 0 Å². The average Bonchev–Trinajstić information content (AvgIpc) is 3.13. The molecule has 0 unspecified atom stereocenters. The molecule has 0 spiro atoms. The number of ether oxygens (including phenoxy) is 2. The maximum absolute atomic E-state index is 11.9. The van der Waals surface area contributed by atoms with Gasteiger partial charge in [-0.2, -0.15) is 0 Å². The highest BCUT2D eigenvalue weighted by Gasteiger charge is 2.55. The molecule has 4 nitrogen and oxygen atoms in total. The fraction of sp³-hybridized carbons (Fsp3) is 0.533. The summed E-state index contributed by atoms with van der Waals surface area (Å²) in [4.78, 5) is 11.9. The Balaban J connectivity index is 1.53. The van der Waals surface area contributed by atoms with Crippen molar-refractivity contribution in [2.75, 3.05) is 0 Å². The quantitative estimate of drug-likeness (QED) is 0.840. The Labute approximate surface area is 112 Å². The minimum Gasteiger partial charge on any atom is -0.479 e. The van der Waals surface area contributed by atoms with Gasteiger partial charge in [0, 0.05) is 12.3 Å². The molecule has 102 valence electrons. The smallest absolute Gasteiger partial charge is 0.347 e. The van der Waals surface area contributed by atoms with E-state index < -0.39 is 6.10 Å². The molecule has 4 heteroatoms. The van der Waals surface area contributed by atoms with Crippen LogP contribution in [0.2, 0.25) is 0 Å². The minimum absolute atomic E-state index is 0.130. The number of rotatable bonds is 4. The van der Waals surface area contributed by atoms with E-state index in [0.717, 1.165) is 6.42 Å². The Morgan fingerprint density at radius 1 is 1.26 bits per heavy atom. The molecule has 0 radical (unpaired) electrons. The van der Waals surface area contributed by atoms with Crippen LogP contribution in [-0.4, -0.2) is 29.4 Å². The highest BCUT2D eigenvalue weighted by atomic mass is 16.6. The molecule has 1 aromatic rings. The van der Waals surface area contributed by atoms with Crippen molar-refractivity contribution in [1.82, 2.24) is 0 Å². The number of carbonyl (C=O) groups is 1. The number of para-hydroxylation sites is 1. The van der Waals surface area contributed by atoms with E-state index in [2.05, 4.69) is 0 Å². The van der Waals surface area contributed by atoms with Crippen LogP contribution in [0.5, 0.6) is 5.75 Å². The van der Waals surface area contributed by atoms with Crippen molar-refractivity contribution in [3.05, 3.63) is 30.3 Å². The van der Waals surface area contributed by atoms with Gasteiger partial charge < -0.3 is 14.6 Å². The number of fused-ring (bicyclic) bond motifs is 1. The second kappa shape index (κ2) is 4.85. The molecule has 1 aromatic carbocycles. The molecule has 2 aliphatic rings. The number of hydrogen-bond donors (Lipinski definition) is 1. The lowest BCUT2D eigenvalue weighted by Crippen LogP contribution is -2.30. The van der Waals surface area contributed by atoms with Crippen LogP contribution >= 0.6 is 0 Å². The number of benzene rings is 1. The maximum atomic E-state index is 11.9. The number of hydrogen-bond acceptors (Lipinski definition) is 4. The molecule has 0 amide bonds. The molecule has 2 aliphatic carbocycles. The fourth-order valence-electron chi connectivity index (χ4n) is 2.83. The second-order valence-electron chi connectivity index (χ2n) is 5.41. The highest BCUT2D eigenvalue weighted by molar-refractivity contribution is 5.75.